The molecule has 1 aromatic heterocycles. The van der Waals surface area contributed by atoms with Crippen LogP contribution in [0.2, 0.25) is 5.02 Å². The van der Waals surface area contributed by atoms with Gasteiger partial charge >= 0.3 is 0 Å². The van der Waals surface area contributed by atoms with E-state index in [1.54, 1.807) is 16.8 Å². The summed E-state index contributed by atoms with van der Waals surface area (Å²) < 4.78 is 15.0. The van der Waals surface area contributed by atoms with Crippen LogP contribution >= 0.6 is 11.6 Å². The number of hydrogen-bond acceptors (Lipinski definition) is 3. The van der Waals surface area contributed by atoms with Crippen molar-refractivity contribution in [3.05, 3.63) is 52.1 Å². The van der Waals surface area contributed by atoms with Gasteiger partial charge in [-0.2, -0.15) is 5.10 Å². The number of nitrogens with one attached hydrogen (secondary N) is 1. The first-order valence-corrected chi connectivity index (χ1v) is 6.85. The lowest BCUT2D eigenvalue weighted by molar-refractivity contribution is 0.546. The molecule has 0 aliphatic rings. The lowest BCUT2D eigenvalue weighted by atomic mass is 9.99. The maximum absolute atomic E-state index is 13.2. The monoisotopic (exact) mass is 296 g/mol. The summed E-state index contributed by atoms with van der Waals surface area (Å²) in [5.41, 5.74) is 5.78. The van der Waals surface area contributed by atoms with Gasteiger partial charge in [0.2, 0.25) is 0 Å². The van der Waals surface area contributed by atoms with E-state index in [9.17, 15) is 4.39 Å². The second-order valence-corrected chi connectivity index (χ2v) is 5.14. The highest BCUT2D eigenvalue weighted by Gasteiger charge is 2.17. The Labute approximate surface area is 122 Å². The molecule has 1 atom stereocenters. The van der Waals surface area contributed by atoms with Crippen molar-refractivity contribution in [3.63, 3.8) is 0 Å². The third-order valence-electron chi connectivity index (χ3n) is 3.27. The number of rotatable bonds is 5. The third-order valence-corrected chi connectivity index (χ3v) is 3.56. The van der Waals surface area contributed by atoms with E-state index in [-0.39, 0.29) is 11.1 Å². The molecule has 0 aliphatic heterocycles. The van der Waals surface area contributed by atoms with Gasteiger partial charge in [-0.3, -0.25) is 16.0 Å². The molecule has 0 amide bonds. The van der Waals surface area contributed by atoms with E-state index in [1.807, 2.05) is 20.2 Å². The minimum absolute atomic E-state index is 0.0832. The second kappa shape index (κ2) is 6.35. The highest BCUT2D eigenvalue weighted by molar-refractivity contribution is 6.30. The molecule has 0 aliphatic carbocycles. The summed E-state index contributed by atoms with van der Waals surface area (Å²) in [6.07, 6.45) is 3.40. The van der Waals surface area contributed by atoms with Gasteiger partial charge < -0.3 is 0 Å². The molecule has 20 heavy (non-hydrogen) atoms. The molecule has 6 heteroatoms. The summed E-state index contributed by atoms with van der Waals surface area (Å²) >= 11 is 5.81. The molecule has 2 aromatic rings. The van der Waals surface area contributed by atoms with Gasteiger partial charge in [0.25, 0.3) is 0 Å². The molecule has 4 nitrogen and oxygen atoms in total. The molecular weight excluding hydrogens is 279 g/mol. The topological polar surface area (TPSA) is 55.9 Å². The van der Waals surface area contributed by atoms with Crippen LogP contribution in [-0.2, 0) is 19.9 Å². The molecule has 2 rings (SSSR count). The molecule has 0 saturated heterocycles. The number of nitrogens with two attached hydrogens (primary N) is 1. The number of nitrogens with zero attached hydrogens (tertiary/aromatic N) is 2. The smallest absolute Gasteiger partial charge is 0.141 e. The Bertz CT molecular complexity index is 597. The quantitative estimate of drug-likeness (QED) is 0.658. The van der Waals surface area contributed by atoms with E-state index in [0.717, 1.165) is 23.2 Å². The molecule has 0 fully saturated rings. The summed E-state index contributed by atoms with van der Waals surface area (Å²) in [6, 6.07) is 4.63. The minimum Gasteiger partial charge on any atom is -0.275 e. The number of benzene rings is 1. The fraction of sp³-hybridized carbons (Fsp3) is 0.357. The highest BCUT2D eigenvalue weighted by atomic mass is 35.5. The maximum atomic E-state index is 13.2. The number of hydrogen-bond donors (Lipinski definition) is 2. The number of halogens is 2. The van der Waals surface area contributed by atoms with Crippen LogP contribution in [0.4, 0.5) is 4.39 Å². The fourth-order valence-corrected chi connectivity index (χ4v) is 2.48. The van der Waals surface area contributed by atoms with Crippen molar-refractivity contribution in [3.8, 4) is 0 Å². The van der Waals surface area contributed by atoms with Gasteiger partial charge in [0.15, 0.2) is 0 Å². The van der Waals surface area contributed by atoms with Crippen molar-refractivity contribution in [2.75, 3.05) is 0 Å². The van der Waals surface area contributed by atoms with E-state index in [0.29, 0.717) is 6.42 Å². The number of hydrazine groups is 1. The Morgan fingerprint density at radius 3 is 2.85 bits per heavy atom. The van der Waals surface area contributed by atoms with Crippen LogP contribution in [0.25, 0.3) is 0 Å². The van der Waals surface area contributed by atoms with E-state index in [1.165, 1.54) is 6.07 Å². The SMILES string of the molecule is CCc1nn(C)cc1C(Cc1ccc(F)c(Cl)c1)NN. The molecule has 0 spiro atoms. The molecule has 1 heterocycles. The first-order chi connectivity index (χ1) is 9.55. The predicted octanol–water partition coefficient (Wildman–Crippen LogP) is 2.52. The van der Waals surface area contributed by atoms with Crippen molar-refractivity contribution in [1.82, 2.24) is 15.2 Å². The average molecular weight is 297 g/mol. The van der Waals surface area contributed by atoms with Crippen LogP contribution in [0.1, 0.15) is 29.8 Å². The van der Waals surface area contributed by atoms with E-state index >= 15 is 0 Å². The Kier molecular flexibility index (Phi) is 4.75. The van der Waals surface area contributed by atoms with Crippen LogP contribution in [0.5, 0.6) is 0 Å². The average Bonchev–Trinajstić information content (AvgIpc) is 2.81. The second-order valence-electron chi connectivity index (χ2n) is 4.73. The molecule has 0 radical (unpaired) electrons. The van der Waals surface area contributed by atoms with Crippen LogP contribution in [0, 0.1) is 5.82 Å². The van der Waals surface area contributed by atoms with Crippen molar-refractivity contribution in [1.29, 1.82) is 0 Å². The molecule has 108 valence electrons. The van der Waals surface area contributed by atoms with Gasteiger partial charge in [0, 0.05) is 18.8 Å². The van der Waals surface area contributed by atoms with Crippen molar-refractivity contribution < 1.29 is 4.39 Å². The first-order valence-electron chi connectivity index (χ1n) is 6.47. The van der Waals surface area contributed by atoms with Gasteiger partial charge in [-0.05, 0) is 30.5 Å². The molecule has 0 bridgehead atoms. The van der Waals surface area contributed by atoms with Crippen LogP contribution in [0.3, 0.4) is 0 Å². The Morgan fingerprint density at radius 1 is 1.50 bits per heavy atom. The zero-order chi connectivity index (χ0) is 14.7. The Balaban J connectivity index is 2.26. The zero-order valence-electron chi connectivity index (χ0n) is 11.5. The lowest BCUT2D eigenvalue weighted by Crippen LogP contribution is -2.30. The lowest BCUT2D eigenvalue weighted by Gasteiger charge is -2.16. The van der Waals surface area contributed by atoms with Gasteiger partial charge in [-0.25, -0.2) is 4.39 Å². The summed E-state index contributed by atoms with van der Waals surface area (Å²) in [5.74, 6) is 5.25. The summed E-state index contributed by atoms with van der Waals surface area (Å²) in [5, 5.41) is 4.53. The first kappa shape index (κ1) is 15.0. The van der Waals surface area contributed by atoms with E-state index in [4.69, 9.17) is 17.4 Å². The largest absolute Gasteiger partial charge is 0.275 e. The molecule has 0 saturated carbocycles. The van der Waals surface area contributed by atoms with E-state index in [2.05, 4.69) is 10.5 Å². The Hall–Kier alpha value is -1.43. The molecular formula is C14H18ClFN4. The van der Waals surface area contributed by atoms with Gasteiger partial charge in [-0.1, -0.05) is 24.6 Å². The predicted molar refractivity (Wildman–Crippen MR) is 77.8 cm³/mol. The standard InChI is InChI=1S/C14H18ClFN4/c1-3-13-10(8-20(2)19-13)14(18-17)7-9-4-5-12(16)11(15)6-9/h4-6,8,14,18H,3,7,17H2,1-2H3. The van der Waals surface area contributed by atoms with Crippen LogP contribution in [0.15, 0.2) is 24.4 Å². The Morgan fingerprint density at radius 2 is 2.25 bits per heavy atom. The molecule has 1 unspecified atom stereocenters. The van der Waals surface area contributed by atoms with Gasteiger partial charge in [-0.15, -0.1) is 0 Å². The molecule has 3 N–H and O–H groups in total. The van der Waals surface area contributed by atoms with Gasteiger partial charge in [0.1, 0.15) is 5.82 Å². The summed E-state index contributed by atoms with van der Waals surface area (Å²) in [7, 11) is 1.88. The van der Waals surface area contributed by atoms with Crippen molar-refractivity contribution in [2.24, 2.45) is 12.9 Å². The van der Waals surface area contributed by atoms with E-state index < -0.39 is 5.82 Å². The van der Waals surface area contributed by atoms with Crippen molar-refractivity contribution in [2.45, 2.75) is 25.8 Å². The summed E-state index contributed by atoms with van der Waals surface area (Å²) in [6.45, 7) is 2.05. The minimum atomic E-state index is -0.414. The normalized spacial score (nSPS) is 12.7. The van der Waals surface area contributed by atoms with Gasteiger partial charge in [0.05, 0.1) is 16.8 Å². The highest BCUT2D eigenvalue weighted by Crippen LogP contribution is 2.23. The molecule has 1 aromatic carbocycles. The summed E-state index contributed by atoms with van der Waals surface area (Å²) in [4.78, 5) is 0. The van der Waals surface area contributed by atoms with Crippen LogP contribution < -0.4 is 11.3 Å². The fourth-order valence-electron chi connectivity index (χ4n) is 2.28. The number of aryl methyl sites for hydroxylation is 2. The van der Waals surface area contributed by atoms with Crippen LogP contribution in [-0.4, -0.2) is 9.78 Å². The maximum Gasteiger partial charge on any atom is 0.141 e. The third kappa shape index (κ3) is 3.17. The van der Waals surface area contributed by atoms with Crippen molar-refractivity contribution >= 4 is 11.6 Å². The number of aromatic nitrogens is 2. The zero-order valence-corrected chi connectivity index (χ0v) is 12.3.